The van der Waals surface area contributed by atoms with Crippen LogP contribution in [0.2, 0.25) is 0 Å². The van der Waals surface area contributed by atoms with Gasteiger partial charge in [0, 0.05) is 5.39 Å². The van der Waals surface area contributed by atoms with Crippen molar-refractivity contribution in [2.75, 3.05) is 7.11 Å². The number of hydrogen-bond donors (Lipinski definition) is 1. The molecule has 2 heteroatoms. The molecule has 3 aromatic carbocycles. The van der Waals surface area contributed by atoms with Crippen LogP contribution in [0.15, 0.2) is 60.7 Å². The van der Waals surface area contributed by atoms with Crippen molar-refractivity contribution < 1.29 is 9.84 Å². The first kappa shape index (κ1) is 11.6. The minimum atomic E-state index is 0.309. The molecule has 0 bridgehead atoms. The van der Waals surface area contributed by atoms with Gasteiger partial charge in [-0.2, -0.15) is 0 Å². The summed E-state index contributed by atoms with van der Waals surface area (Å²) in [4.78, 5) is 0. The van der Waals surface area contributed by atoms with Crippen molar-refractivity contribution in [3.05, 3.63) is 60.7 Å². The number of phenolic OH excluding ortho intramolecular Hbond substituents is 1. The standard InChI is InChI=1S/C17H14O2/c1-19-14-10-8-12(9-11-14)15-6-2-4-13-5-3-7-16(18)17(13)15/h2-11,18H,1H3. The van der Waals surface area contributed by atoms with Crippen molar-refractivity contribution in [3.8, 4) is 22.6 Å². The Morgan fingerprint density at radius 3 is 2.21 bits per heavy atom. The summed E-state index contributed by atoms with van der Waals surface area (Å²) in [6, 6.07) is 19.4. The molecule has 0 radical (unpaired) electrons. The zero-order valence-corrected chi connectivity index (χ0v) is 10.6. The summed E-state index contributed by atoms with van der Waals surface area (Å²) >= 11 is 0. The molecule has 0 saturated heterocycles. The van der Waals surface area contributed by atoms with E-state index in [-0.39, 0.29) is 0 Å². The van der Waals surface area contributed by atoms with Crippen molar-refractivity contribution >= 4 is 10.8 Å². The van der Waals surface area contributed by atoms with Gasteiger partial charge in [0.05, 0.1) is 7.11 Å². The summed E-state index contributed by atoms with van der Waals surface area (Å²) in [6.45, 7) is 0. The van der Waals surface area contributed by atoms with Crippen LogP contribution in [0.5, 0.6) is 11.5 Å². The van der Waals surface area contributed by atoms with Crippen molar-refractivity contribution in [2.24, 2.45) is 0 Å². The molecule has 0 saturated carbocycles. The van der Waals surface area contributed by atoms with Crippen LogP contribution in [0, 0.1) is 0 Å². The molecule has 0 spiro atoms. The van der Waals surface area contributed by atoms with E-state index in [9.17, 15) is 5.11 Å². The average Bonchev–Trinajstić information content (AvgIpc) is 2.47. The van der Waals surface area contributed by atoms with Crippen LogP contribution in [0.25, 0.3) is 21.9 Å². The third-order valence-corrected chi connectivity index (χ3v) is 3.28. The molecule has 0 amide bonds. The van der Waals surface area contributed by atoms with Crippen molar-refractivity contribution in [1.82, 2.24) is 0 Å². The number of fused-ring (bicyclic) bond motifs is 1. The first-order chi connectivity index (χ1) is 9.29. The van der Waals surface area contributed by atoms with Crippen molar-refractivity contribution in [1.29, 1.82) is 0 Å². The van der Waals surface area contributed by atoms with E-state index in [1.54, 1.807) is 13.2 Å². The summed E-state index contributed by atoms with van der Waals surface area (Å²) < 4.78 is 5.17. The molecule has 3 rings (SSSR count). The van der Waals surface area contributed by atoms with Gasteiger partial charge in [-0.15, -0.1) is 0 Å². The number of rotatable bonds is 2. The Bertz CT molecular complexity index is 710. The third kappa shape index (κ3) is 2.02. The minimum absolute atomic E-state index is 0.309. The maximum absolute atomic E-state index is 10.1. The largest absolute Gasteiger partial charge is 0.507 e. The molecule has 2 nitrogen and oxygen atoms in total. The molecule has 0 aliphatic rings. The lowest BCUT2D eigenvalue weighted by atomic mass is 9.97. The van der Waals surface area contributed by atoms with Crippen LogP contribution < -0.4 is 4.74 Å². The van der Waals surface area contributed by atoms with E-state index in [2.05, 4.69) is 0 Å². The van der Waals surface area contributed by atoms with Crippen LogP contribution in [0.3, 0.4) is 0 Å². The number of benzene rings is 3. The smallest absolute Gasteiger partial charge is 0.124 e. The first-order valence-electron chi connectivity index (χ1n) is 6.15. The lowest BCUT2D eigenvalue weighted by Gasteiger charge is -2.09. The van der Waals surface area contributed by atoms with Crippen LogP contribution in [-0.2, 0) is 0 Å². The lowest BCUT2D eigenvalue weighted by molar-refractivity contribution is 0.415. The van der Waals surface area contributed by atoms with Gasteiger partial charge in [-0.05, 0) is 34.7 Å². The van der Waals surface area contributed by atoms with Gasteiger partial charge in [-0.3, -0.25) is 0 Å². The Kier molecular flexibility index (Phi) is 2.84. The summed E-state index contributed by atoms with van der Waals surface area (Å²) in [5.41, 5.74) is 2.09. The predicted octanol–water partition coefficient (Wildman–Crippen LogP) is 4.22. The average molecular weight is 250 g/mol. The van der Waals surface area contributed by atoms with Crippen LogP contribution in [0.1, 0.15) is 0 Å². The highest BCUT2D eigenvalue weighted by atomic mass is 16.5. The highest BCUT2D eigenvalue weighted by Gasteiger charge is 2.07. The molecule has 19 heavy (non-hydrogen) atoms. The maximum atomic E-state index is 10.1. The van der Waals surface area contributed by atoms with Gasteiger partial charge in [0.15, 0.2) is 0 Å². The van der Waals surface area contributed by atoms with E-state index in [0.29, 0.717) is 5.75 Å². The normalized spacial score (nSPS) is 10.6. The highest BCUT2D eigenvalue weighted by molar-refractivity contribution is 6.00. The SMILES string of the molecule is COc1ccc(-c2cccc3cccc(O)c23)cc1. The van der Waals surface area contributed by atoms with E-state index in [1.165, 1.54) is 0 Å². The quantitative estimate of drug-likeness (QED) is 0.737. The Balaban J connectivity index is 2.24. The van der Waals surface area contributed by atoms with Gasteiger partial charge in [0.2, 0.25) is 0 Å². The zero-order valence-electron chi connectivity index (χ0n) is 10.6. The lowest BCUT2D eigenvalue weighted by Crippen LogP contribution is -1.84. The number of ether oxygens (including phenoxy) is 1. The molecule has 0 atom stereocenters. The fraction of sp³-hybridized carbons (Fsp3) is 0.0588. The second-order valence-electron chi connectivity index (χ2n) is 4.41. The number of hydrogen-bond acceptors (Lipinski definition) is 2. The molecular weight excluding hydrogens is 236 g/mol. The molecule has 0 unspecified atom stereocenters. The number of aromatic hydroxyl groups is 1. The Morgan fingerprint density at radius 1 is 0.842 bits per heavy atom. The number of methoxy groups -OCH3 is 1. The number of phenols is 1. The van der Waals surface area contributed by atoms with E-state index in [1.807, 2.05) is 54.6 Å². The highest BCUT2D eigenvalue weighted by Crippen LogP contribution is 2.35. The molecule has 0 aliphatic carbocycles. The van der Waals surface area contributed by atoms with E-state index in [0.717, 1.165) is 27.6 Å². The fourth-order valence-electron chi connectivity index (χ4n) is 2.33. The zero-order chi connectivity index (χ0) is 13.2. The maximum Gasteiger partial charge on any atom is 0.124 e. The van der Waals surface area contributed by atoms with Crippen molar-refractivity contribution in [3.63, 3.8) is 0 Å². The molecule has 0 fully saturated rings. The Morgan fingerprint density at radius 2 is 1.53 bits per heavy atom. The van der Waals surface area contributed by atoms with E-state index in [4.69, 9.17) is 4.74 Å². The minimum Gasteiger partial charge on any atom is -0.507 e. The van der Waals surface area contributed by atoms with Gasteiger partial charge < -0.3 is 9.84 Å². The van der Waals surface area contributed by atoms with Crippen LogP contribution in [0.4, 0.5) is 0 Å². The third-order valence-electron chi connectivity index (χ3n) is 3.28. The monoisotopic (exact) mass is 250 g/mol. The van der Waals surface area contributed by atoms with Gasteiger partial charge >= 0.3 is 0 Å². The van der Waals surface area contributed by atoms with Gasteiger partial charge in [0.25, 0.3) is 0 Å². The predicted molar refractivity (Wildman–Crippen MR) is 77.6 cm³/mol. The fourth-order valence-corrected chi connectivity index (χ4v) is 2.33. The van der Waals surface area contributed by atoms with Crippen LogP contribution in [-0.4, -0.2) is 12.2 Å². The molecule has 94 valence electrons. The molecule has 0 heterocycles. The molecule has 0 aromatic heterocycles. The van der Waals surface area contributed by atoms with E-state index >= 15 is 0 Å². The second kappa shape index (κ2) is 4.65. The molecule has 0 aliphatic heterocycles. The summed E-state index contributed by atoms with van der Waals surface area (Å²) in [5, 5.41) is 12.0. The van der Waals surface area contributed by atoms with E-state index < -0.39 is 0 Å². The second-order valence-corrected chi connectivity index (χ2v) is 4.41. The summed E-state index contributed by atoms with van der Waals surface area (Å²) in [7, 11) is 1.65. The van der Waals surface area contributed by atoms with Crippen LogP contribution >= 0.6 is 0 Å². The summed E-state index contributed by atoms with van der Waals surface area (Å²) in [6.07, 6.45) is 0. The summed E-state index contributed by atoms with van der Waals surface area (Å²) in [5.74, 6) is 1.14. The molecular formula is C17H14O2. The van der Waals surface area contributed by atoms with Gasteiger partial charge in [-0.1, -0.05) is 42.5 Å². The topological polar surface area (TPSA) is 29.5 Å². The Hall–Kier alpha value is -2.48. The first-order valence-corrected chi connectivity index (χ1v) is 6.15. The van der Waals surface area contributed by atoms with Crippen molar-refractivity contribution in [2.45, 2.75) is 0 Å². The Labute approximate surface area is 111 Å². The molecule has 1 N–H and O–H groups in total. The van der Waals surface area contributed by atoms with Gasteiger partial charge in [0.1, 0.15) is 11.5 Å². The molecule has 3 aromatic rings. The van der Waals surface area contributed by atoms with Gasteiger partial charge in [-0.25, -0.2) is 0 Å².